The normalized spacial score (nSPS) is 16.4. The molecule has 35 heavy (non-hydrogen) atoms. The Hall–Kier alpha value is -3.88. The second-order valence-electron chi connectivity index (χ2n) is 9.79. The molecule has 0 spiro atoms. The highest BCUT2D eigenvalue weighted by molar-refractivity contribution is 6.06. The third kappa shape index (κ3) is 3.71. The predicted octanol–water partition coefficient (Wildman–Crippen LogP) is 4.74. The number of hydrogen-bond donors (Lipinski definition) is 2. The Labute approximate surface area is 200 Å². The smallest absolute Gasteiger partial charge is 0.255 e. The first-order valence-corrected chi connectivity index (χ1v) is 11.7. The van der Waals surface area contributed by atoms with Gasteiger partial charge in [-0.05, 0) is 62.4 Å². The minimum Gasteiger partial charge on any atom is -0.369 e. The Morgan fingerprint density at radius 1 is 1.14 bits per heavy atom. The molecule has 3 heterocycles. The number of carbonyl (C=O) groups is 1. The van der Waals surface area contributed by atoms with Crippen molar-refractivity contribution in [2.75, 3.05) is 17.2 Å². The van der Waals surface area contributed by atoms with Gasteiger partial charge in [-0.1, -0.05) is 18.2 Å². The summed E-state index contributed by atoms with van der Waals surface area (Å²) in [6, 6.07) is 10.8. The third-order valence-electron chi connectivity index (χ3n) is 6.80. The lowest BCUT2D eigenvalue weighted by Gasteiger charge is -2.19. The van der Waals surface area contributed by atoms with Crippen molar-refractivity contribution in [1.82, 2.24) is 19.7 Å². The molecule has 9 heteroatoms. The van der Waals surface area contributed by atoms with Gasteiger partial charge < -0.3 is 10.6 Å². The number of aromatic nitrogens is 4. The Morgan fingerprint density at radius 2 is 1.94 bits per heavy atom. The number of halogens is 2. The number of nitrogens with zero attached hydrogens (tertiary/aromatic N) is 4. The summed E-state index contributed by atoms with van der Waals surface area (Å²) in [6.45, 7) is 4.45. The molecule has 7 nitrogen and oxygen atoms in total. The van der Waals surface area contributed by atoms with Crippen LogP contribution in [0.2, 0.25) is 0 Å². The Balaban J connectivity index is 1.50. The molecule has 4 aromatic rings. The molecule has 1 amide bonds. The number of rotatable bonds is 6. The van der Waals surface area contributed by atoms with Gasteiger partial charge in [-0.15, -0.1) is 0 Å². The molecule has 2 aromatic heterocycles. The van der Waals surface area contributed by atoms with Gasteiger partial charge in [-0.25, -0.2) is 8.78 Å². The highest BCUT2D eigenvalue weighted by Crippen LogP contribution is 2.41. The van der Waals surface area contributed by atoms with Crippen molar-refractivity contribution in [3.8, 4) is 5.95 Å². The fourth-order valence-corrected chi connectivity index (χ4v) is 4.55. The van der Waals surface area contributed by atoms with Crippen LogP contribution in [0.1, 0.15) is 43.5 Å². The minimum atomic E-state index is -0.787. The van der Waals surface area contributed by atoms with E-state index in [-0.39, 0.29) is 24.1 Å². The fourth-order valence-electron chi connectivity index (χ4n) is 4.55. The van der Waals surface area contributed by atoms with Crippen molar-refractivity contribution in [2.45, 2.75) is 38.5 Å². The number of carbonyl (C=O) groups excluding carboxylic acids is 1. The average Bonchev–Trinajstić information content (AvgIpc) is 3.55. The maximum atomic E-state index is 14.4. The van der Waals surface area contributed by atoms with E-state index < -0.39 is 11.2 Å². The van der Waals surface area contributed by atoms with Crippen molar-refractivity contribution in [3.63, 3.8) is 0 Å². The van der Waals surface area contributed by atoms with E-state index in [2.05, 4.69) is 20.7 Å². The first-order chi connectivity index (χ1) is 16.8. The second-order valence-corrected chi connectivity index (χ2v) is 9.79. The quantitative estimate of drug-likeness (QED) is 0.422. The molecule has 6 rings (SSSR count). The molecule has 0 bridgehead atoms. The van der Waals surface area contributed by atoms with Gasteiger partial charge in [0.2, 0.25) is 5.91 Å². The summed E-state index contributed by atoms with van der Waals surface area (Å²) < 4.78 is 30.1. The van der Waals surface area contributed by atoms with Gasteiger partial charge in [0.25, 0.3) is 5.95 Å². The summed E-state index contributed by atoms with van der Waals surface area (Å²) in [5, 5.41) is 11.5. The minimum absolute atomic E-state index is 0.152. The summed E-state index contributed by atoms with van der Waals surface area (Å²) in [5.74, 6) is 0.946. The van der Waals surface area contributed by atoms with Crippen LogP contribution in [0.15, 0.2) is 42.5 Å². The van der Waals surface area contributed by atoms with Crippen LogP contribution in [0.25, 0.3) is 16.9 Å². The standard InChI is InChI=1S/C26H24F2N6O/c1-26(2)21-22(29-13-14-7-8-14)31-25(32-23(21)30-24(26)35)34-20-10-9-16(27)12-17(20)19(33-34)11-15-5-3-4-6-18(15)28/h3-6,9-10,12,14H,7-8,11,13H2,1-2H3,(H2,29,30,31,32,35). The zero-order chi connectivity index (χ0) is 24.3. The van der Waals surface area contributed by atoms with Gasteiger partial charge >= 0.3 is 0 Å². The molecule has 1 aliphatic heterocycles. The zero-order valence-corrected chi connectivity index (χ0v) is 19.4. The van der Waals surface area contributed by atoms with Crippen LogP contribution >= 0.6 is 0 Å². The topological polar surface area (TPSA) is 84.7 Å². The number of anilines is 2. The lowest BCUT2D eigenvalue weighted by molar-refractivity contribution is -0.119. The molecule has 2 N–H and O–H groups in total. The highest BCUT2D eigenvalue weighted by atomic mass is 19.1. The van der Waals surface area contributed by atoms with Crippen LogP contribution in [0.5, 0.6) is 0 Å². The van der Waals surface area contributed by atoms with E-state index in [4.69, 9.17) is 4.98 Å². The van der Waals surface area contributed by atoms with E-state index in [1.165, 1.54) is 35.7 Å². The van der Waals surface area contributed by atoms with Crippen LogP contribution in [-0.2, 0) is 16.6 Å². The van der Waals surface area contributed by atoms with Crippen molar-refractivity contribution < 1.29 is 13.6 Å². The molecule has 1 aliphatic carbocycles. The van der Waals surface area contributed by atoms with Gasteiger partial charge in [0.15, 0.2) is 0 Å². The molecule has 178 valence electrons. The molecule has 2 aromatic carbocycles. The Bertz CT molecular complexity index is 1490. The Kier molecular flexibility index (Phi) is 4.84. The molecule has 1 saturated carbocycles. The number of benzene rings is 2. The third-order valence-corrected chi connectivity index (χ3v) is 6.80. The van der Waals surface area contributed by atoms with Crippen LogP contribution in [0.4, 0.5) is 20.4 Å². The first kappa shape index (κ1) is 21.6. The van der Waals surface area contributed by atoms with E-state index in [1.807, 2.05) is 13.8 Å². The van der Waals surface area contributed by atoms with Gasteiger partial charge in [0.05, 0.1) is 22.2 Å². The monoisotopic (exact) mass is 474 g/mol. The molecule has 0 radical (unpaired) electrons. The molecule has 0 unspecified atom stereocenters. The summed E-state index contributed by atoms with van der Waals surface area (Å²) in [7, 11) is 0. The molecule has 0 atom stereocenters. The lowest BCUT2D eigenvalue weighted by atomic mass is 9.87. The summed E-state index contributed by atoms with van der Waals surface area (Å²) in [4.78, 5) is 22.1. The average molecular weight is 475 g/mol. The van der Waals surface area contributed by atoms with Gasteiger partial charge in [-0.2, -0.15) is 19.7 Å². The molecular weight excluding hydrogens is 450 g/mol. The van der Waals surface area contributed by atoms with Crippen molar-refractivity contribution in [2.24, 2.45) is 5.92 Å². The lowest BCUT2D eigenvalue weighted by Crippen LogP contribution is -2.28. The first-order valence-electron chi connectivity index (χ1n) is 11.7. The van der Waals surface area contributed by atoms with E-state index in [9.17, 15) is 13.6 Å². The SMILES string of the molecule is CC1(C)C(=O)Nc2nc(-n3nc(Cc4ccccc4F)c4cc(F)ccc43)nc(NCC3CC3)c21. The second kappa shape index (κ2) is 7.83. The molecule has 0 saturated heterocycles. The summed E-state index contributed by atoms with van der Waals surface area (Å²) in [5.41, 5.74) is 1.49. The van der Waals surface area contributed by atoms with Crippen LogP contribution in [-0.4, -0.2) is 32.2 Å². The number of amides is 1. The van der Waals surface area contributed by atoms with Gasteiger partial charge in [0, 0.05) is 18.4 Å². The van der Waals surface area contributed by atoms with Crippen LogP contribution < -0.4 is 10.6 Å². The summed E-state index contributed by atoms with van der Waals surface area (Å²) >= 11 is 0. The van der Waals surface area contributed by atoms with Crippen molar-refractivity contribution in [3.05, 3.63) is 70.9 Å². The molecule has 2 aliphatic rings. The molecule has 1 fully saturated rings. The Morgan fingerprint density at radius 3 is 2.71 bits per heavy atom. The maximum absolute atomic E-state index is 14.4. The maximum Gasteiger partial charge on any atom is 0.255 e. The van der Waals surface area contributed by atoms with Crippen molar-refractivity contribution >= 4 is 28.4 Å². The number of hydrogen-bond acceptors (Lipinski definition) is 5. The number of fused-ring (bicyclic) bond motifs is 2. The van der Waals surface area contributed by atoms with Gasteiger partial charge in [-0.3, -0.25) is 4.79 Å². The highest BCUT2D eigenvalue weighted by Gasteiger charge is 2.43. The van der Waals surface area contributed by atoms with Gasteiger partial charge in [0.1, 0.15) is 23.3 Å². The van der Waals surface area contributed by atoms with E-state index in [0.717, 1.165) is 12.1 Å². The number of nitrogens with one attached hydrogen (secondary N) is 2. The summed E-state index contributed by atoms with van der Waals surface area (Å²) in [6.07, 6.45) is 2.52. The molecular formula is C26H24F2N6O. The fraction of sp³-hybridized carbons (Fsp3) is 0.308. The zero-order valence-electron chi connectivity index (χ0n) is 19.4. The van der Waals surface area contributed by atoms with E-state index in [0.29, 0.717) is 39.7 Å². The van der Waals surface area contributed by atoms with Crippen LogP contribution in [0, 0.1) is 17.6 Å². The van der Waals surface area contributed by atoms with E-state index >= 15 is 0 Å². The van der Waals surface area contributed by atoms with E-state index in [1.54, 1.807) is 24.3 Å². The van der Waals surface area contributed by atoms with Crippen molar-refractivity contribution in [1.29, 1.82) is 0 Å². The van der Waals surface area contributed by atoms with Crippen LogP contribution in [0.3, 0.4) is 0 Å². The predicted molar refractivity (Wildman–Crippen MR) is 129 cm³/mol. The largest absolute Gasteiger partial charge is 0.369 e.